The Bertz CT molecular complexity index is 218. The lowest BCUT2D eigenvalue weighted by atomic mass is 9.90. The number of hydrogen-bond acceptors (Lipinski definition) is 3. The van der Waals surface area contributed by atoms with Gasteiger partial charge in [-0.3, -0.25) is 4.79 Å². The SMILES string of the molecule is CC(N)CC(=O)N1CCCC(C)C1CN. The van der Waals surface area contributed by atoms with Crippen molar-refractivity contribution in [2.24, 2.45) is 17.4 Å². The second-order valence-electron chi connectivity index (χ2n) is 4.69. The Labute approximate surface area is 92.0 Å². The number of piperidine rings is 1. The van der Waals surface area contributed by atoms with Crippen LogP contribution in [0.3, 0.4) is 0 Å². The average Bonchev–Trinajstić information content (AvgIpc) is 2.16. The molecule has 1 saturated heterocycles. The zero-order valence-corrected chi connectivity index (χ0v) is 9.78. The molecule has 1 fully saturated rings. The van der Waals surface area contributed by atoms with Crippen LogP contribution >= 0.6 is 0 Å². The summed E-state index contributed by atoms with van der Waals surface area (Å²) >= 11 is 0. The summed E-state index contributed by atoms with van der Waals surface area (Å²) in [6, 6.07) is 0.151. The summed E-state index contributed by atoms with van der Waals surface area (Å²) in [5, 5.41) is 0. The first kappa shape index (κ1) is 12.5. The molecule has 0 radical (unpaired) electrons. The van der Waals surface area contributed by atoms with Gasteiger partial charge in [-0.2, -0.15) is 0 Å². The number of carbonyl (C=O) groups is 1. The average molecular weight is 213 g/mol. The number of amides is 1. The summed E-state index contributed by atoms with van der Waals surface area (Å²) in [5.74, 6) is 0.674. The van der Waals surface area contributed by atoms with Crippen molar-refractivity contribution < 1.29 is 4.79 Å². The molecule has 0 saturated carbocycles. The first-order valence-corrected chi connectivity index (χ1v) is 5.81. The summed E-state index contributed by atoms with van der Waals surface area (Å²) in [6.07, 6.45) is 2.69. The van der Waals surface area contributed by atoms with E-state index in [4.69, 9.17) is 11.5 Å². The van der Waals surface area contributed by atoms with Gasteiger partial charge in [0.05, 0.1) is 0 Å². The molecule has 3 atom stereocenters. The Hall–Kier alpha value is -0.610. The van der Waals surface area contributed by atoms with E-state index in [0.29, 0.717) is 18.9 Å². The van der Waals surface area contributed by atoms with Gasteiger partial charge in [-0.1, -0.05) is 6.92 Å². The molecule has 4 nitrogen and oxygen atoms in total. The second-order valence-corrected chi connectivity index (χ2v) is 4.69. The van der Waals surface area contributed by atoms with Crippen molar-refractivity contribution in [3.8, 4) is 0 Å². The standard InChI is InChI=1S/C11H23N3O/c1-8-4-3-5-14(10(8)7-12)11(15)6-9(2)13/h8-10H,3-7,12-13H2,1-2H3. The molecule has 1 rings (SSSR count). The van der Waals surface area contributed by atoms with E-state index in [1.165, 1.54) is 6.42 Å². The lowest BCUT2D eigenvalue weighted by molar-refractivity contribution is -0.136. The largest absolute Gasteiger partial charge is 0.338 e. The smallest absolute Gasteiger partial charge is 0.224 e. The fourth-order valence-electron chi connectivity index (χ4n) is 2.31. The Morgan fingerprint density at radius 3 is 2.80 bits per heavy atom. The van der Waals surface area contributed by atoms with Crippen LogP contribution in [0.5, 0.6) is 0 Å². The third-order valence-electron chi connectivity index (χ3n) is 3.17. The molecule has 1 aliphatic rings. The van der Waals surface area contributed by atoms with Crippen LogP contribution in [-0.2, 0) is 4.79 Å². The maximum atomic E-state index is 11.9. The third kappa shape index (κ3) is 3.18. The van der Waals surface area contributed by atoms with E-state index in [1.807, 2.05) is 11.8 Å². The highest BCUT2D eigenvalue weighted by atomic mass is 16.2. The van der Waals surface area contributed by atoms with Gasteiger partial charge < -0.3 is 16.4 Å². The number of rotatable bonds is 3. The van der Waals surface area contributed by atoms with E-state index in [2.05, 4.69) is 6.92 Å². The Morgan fingerprint density at radius 1 is 1.60 bits per heavy atom. The fraction of sp³-hybridized carbons (Fsp3) is 0.909. The Kier molecular flexibility index (Phi) is 4.54. The van der Waals surface area contributed by atoms with Crippen molar-refractivity contribution in [1.29, 1.82) is 0 Å². The molecule has 1 amide bonds. The molecule has 4 heteroatoms. The lowest BCUT2D eigenvalue weighted by Gasteiger charge is -2.39. The highest BCUT2D eigenvalue weighted by Crippen LogP contribution is 2.23. The van der Waals surface area contributed by atoms with Gasteiger partial charge in [0, 0.05) is 31.6 Å². The van der Waals surface area contributed by atoms with Crippen molar-refractivity contribution in [3.63, 3.8) is 0 Å². The van der Waals surface area contributed by atoms with Crippen molar-refractivity contribution in [3.05, 3.63) is 0 Å². The van der Waals surface area contributed by atoms with Crippen molar-refractivity contribution in [2.75, 3.05) is 13.1 Å². The van der Waals surface area contributed by atoms with Gasteiger partial charge >= 0.3 is 0 Å². The van der Waals surface area contributed by atoms with Crippen LogP contribution in [0.15, 0.2) is 0 Å². The summed E-state index contributed by atoms with van der Waals surface area (Å²) in [5.41, 5.74) is 11.4. The molecule has 88 valence electrons. The van der Waals surface area contributed by atoms with Gasteiger partial charge in [0.15, 0.2) is 0 Å². The normalized spacial score (nSPS) is 28.9. The lowest BCUT2D eigenvalue weighted by Crippen LogP contribution is -2.52. The van der Waals surface area contributed by atoms with Crippen molar-refractivity contribution in [1.82, 2.24) is 4.90 Å². The predicted octanol–water partition coefficient (Wildman–Crippen LogP) is 0.310. The summed E-state index contributed by atoms with van der Waals surface area (Å²) in [6.45, 7) is 5.44. The van der Waals surface area contributed by atoms with Crippen molar-refractivity contribution >= 4 is 5.91 Å². The van der Waals surface area contributed by atoms with Gasteiger partial charge in [0.25, 0.3) is 0 Å². The van der Waals surface area contributed by atoms with Gasteiger partial charge in [-0.05, 0) is 25.7 Å². The maximum Gasteiger partial charge on any atom is 0.224 e. The molecule has 0 spiro atoms. The maximum absolute atomic E-state index is 11.9. The first-order valence-electron chi connectivity index (χ1n) is 5.81. The van der Waals surface area contributed by atoms with Crippen LogP contribution in [0.25, 0.3) is 0 Å². The monoisotopic (exact) mass is 213 g/mol. The topological polar surface area (TPSA) is 72.4 Å². The van der Waals surface area contributed by atoms with Gasteiger partial charge in [0.1, 0.15) is 0 Å². The predicted molar refractivity (Wildman–Crippen MR) is 61.2 cm³/mol. The highest BCUT2D eigenvalue weighted by Gasteiger charge is 2.30. The van der Waals surface area contributed by atoms with Crippen molar-refractivity contribution in [2.45, 2.75) is 45.2 Å². The fourth-order valence-corrected chi connectivity index (χ4v) is 2.31. The second kappa shape index (κ2) is 5.47. The third-order valence-corrected chi connectivity index (χ3v) is 3.17. The minimum atomic E-state index is -0.0619. The molecule has 4 N–H and O–H groups in total. The van der Waals surface area contributed by atoms with Crippen LogP contribution in [0.1, 0.15) is 33.1 Å². The molecule has 1 aliphatic heterocycles. The van der Waals surface area contributed by atoms with Crippen LogP contribution in [0.2, 0.25) is 0 Å². The number of likely N-dealkylation sites (tertiary alicyclic amines) is 1. The summed E-state index contributed by atoms with van der Waals surface area (Å²) < 4.78 is 0. The van der Waals surface area contributed by atoms with E-state index >= 15 is 0 Å². The van der Waals surface area contributed by atoms with E-state index < -0.39 is 0 Å². The van der Waals surface area contributed by atoms with E-state index in [0.717, 1.165) is 13.0 Å². The Balaban J connectivity index is 2.61. The quantitative estimate of drug-likeness (QED) is 0.708. The molecule has 3 unspecified atom stereocenters. The van der Waals surface area contributed by atoms with Crippen LogP contribution in [-0.4, -0.2) is 36.0 Å². The molecule has 0 bridgehead atoms. The van der Waals surface area contributed by atoms with Crippen LogP contribution < -0.4 is 11.5 Å². The van der Waals surface area contributed by atoms with E-state index in [-0.39, 0.29) is 18.0 Å². The first-order chi connectivity index (χ1) is 7.06. The number of nitrogens with two attached hydrogens (primary N) is 2. The molecule has 0 aromatic rings. The molecule has 0 aliphatic carbocycles. The molecule has 0 aromatic heterocycles. The number of hydrogen-bond donors (Lipinski definition) is 2. The minimum Gasteiger partial charge on any atom is -0.338 e. The molecule has 0 aromatic carbocycles. The zero-order chi connectivity index (χ0) is 11.4. The van der Waals surface area contributed by atoms with E-state index in [1.54, 1.807) is 0 Å². The Morgan fingerprint density at radius 2 is 2.27 bits per heavy atom. The van der Waals surface area contributed by atoms with E-state index in [9.17, 15) is 4.79 Å². The zero-order valence-electron chi connectivity index (χ0n) is 9.78. The summed E-state index contributed by atoms with van der Waals surface area (Å²) in [4.78, 5) is 13.8. The highest BCUT2D eigenvalue weighted by molar-refractivity contribution is 5.77. The number of nitrogens with zero attached hydrogens (tertiary/aromatic N) is 1. The molecule has 1 heterocycles. The van der Waals surface area contributed by atoms with Gasteiger partial charge in [-0.25, -0.2) is 0 Å². The molecular formula is C11H23N3O. The van der Waals surface area contributed by atoms with Crippen LogP contribution in [0, 0.1) is 5.92 Å². The number of carbonyl (C=O) groups excluding carboxylic acids is 1. The minimum absolute atomic E-state index is 0.0619. The van der Waals surface area contributed by atoms with Gasteiger partial charge in [0.2, 0.25) is 5.91 Å². The van der Waals surface area contributed by atoms with Crippen LogP contribution in [0.4, 0.5) is 0 Å². The molecule has 15 heavy (non-hydrogen) atoms. The van der Waals surface area contributed by atoms with Gasteiger partial charge in [-0.15, -0.1) is 0 Å². The summed E-state index contributed by atoms with van der Waals surface area (Å²) in [7, 11) is 0. The molecular weight excluding hydrogens is 190 g/mol.